The van der Waals surface area contributed by atoms with Crippen LogP contribution in [0.5, 0.6) is 0 Å². The lowest BCUT2D eigenvalue weighted by Gasteiger charge is -2.25. The highest BCUT2D eigenvalue weighted by molar-refractivity contribution is 14.1. The van der Waals surface area contributed by atoms with Crippen LogP contribution in [0.25, 0.3) is 6.08 Å². The Kier molecular flexibility index (Phi) is 5.67. The van der Waals surface area contributed by atoms with Crippen molar-refractivity contribution >= 4 is 53.3 Å². The number of nitrogens with zero attached hydrogens (tertiary/aromatic N) is 2. The number of halogens is 1. The van der Waals surface area contributed by atoms with Gasteiger partial charge in [-0.1, -0.05) is 36.4 Å². The van der Waals surface area contributed by atoms with Gasteiger partial charge in [0, 0.05) is 10.7 Å². The van der Waals surface area contributed by atoms with E-state index in [2.05, 4.69) is 27.7 Å². The Labute approximate surface area is 160 Å². The molecule has 0 saturated heterocycles. The van der Waals surface area contributed by atoms with Gasteiger partial charge in [-0.15, -0.1) is 0 Å². The first-order valence-corrected chi connectivity index (χ1v) is 8.79. The highest BCUT2D eigenvalue weighted by atomic mass is 127. The average Bonchev–Trinajstić information content (AvgIpc) is 2.62. The molecule has 0 unspecified atom stereocenters. The quantitative estimate of drug-likeness (QED) is 0.579. The van der Waals surface area contributed by atoms with Gasteiger partial charge in [0.1, 0.15) is 0 Å². The van der Waals surface area contributed by atoms with Gasteiger partial charge in [-0.25, -0.2) is 4.92 Å². The van der Waals surface area contributed by atoms with Crippen LogP contribution < -0.4 is 5.46 Å². The largest absolute Gasteiger partial charge is 0.474 e. The fraction of sp³-hybridized carbons (Fsp3) is 0.111. The van der Waals surface area contributed by atoms with Crippen LogP contribution in [-0.4, -0.2) is 42.8 Å². The summed E-state index contributed by atoms with van der Waals surface area (Å²) in [5.74, 6) is -0.330. The van der Waals surface area contributed by atoms with E-state index in [9.17, 15) is 9.82 Å². The molecule has 0 bridgehead atoms. The molecule has 0 aromatic heterocycles. The first-order valence-electron chi connectivity index (χ1n) is 7.71. The van der Waals surface area contributed by atoms with Gasteiger partial charge in [0.25, 0.3) is 5.91 Å². The van der Waals surface area contributed by atoms with Crippen LogP contribution in [0.15, 0.2) is 53.6 Å². The summed E-state index contributed by atoms with van der Waals surface area (Å²) in [6.07, 6.45) is 5.45. The molecule has 5 nitrogen and oxygen atoms in total. The van der Waals surface area contributed by atoms with E-state index in [0.29, 0.717) is 17.6 Å². The summed E-state index contributed by atoms with van der Waals surface area (Å²) in [5.41, 5.74) is 2.94. The number of amides is 1. The second-order valence-electron chi connectivity index (χ2n) is 5.49. The fourth-order valence-electron chi connectivity index (χ4n) is 2.57. The molecule has 1 aliphatic rings. The zero-order chi connectivity index (χ0) is 17.8. The number of methoxy groups -OCH3 is 1. The molecule has 3 rings (SSSR count). The van der Waals surface area contributed by atoms with Gasteiger partial charge in [0.15, 0.2) is 0 Å². The van der Waals surface area contributed by atoms with Gasteiger partial charge in [0.05, 0.1) is 18.4 Å². The number of hydrazone groups is 1. The summed E-state index contributed by atoms with van der Waals surface area (Å²) < 4.78 is 5.80. The number of ether oxygens (including phenoxy) is 1. The van der Waals surface area contributed by atoms with Gasteiger partial charge >= 0.3 is 7.05 Å². The third kappa shape index (κ3) is 3.83. The van der Waals surface area contributed by atoms with Crippen molar-refractivity contribution in [2.45, 2.75) is 0 Å². The van der Waals surface area contributed by atoms with E-state index in [-0.39, 0.29) is 5.91 Å². The number of rotatable bonds is 4. The molecule has 1 amide bonds. The second-order valence-corrected chi connectivity index (χ2v) is 6.66. The summed E-state index contributed by atoms with van der Waals surface area (Å²) in [7, 11) is 0.528. The molecular weight excluding hydrogens is 430 g/mol. The van der Waals surface area contributed by atoms with Gasteiger partial charge in [0.2, 0.25) is 0 Å². The summed E-state index contributed by atoms with van der Waals surface area (Å²) in [6.45, 7) is 0.534. The van der Waals surface area contributed by atoms with Crippen LogP contribution in [0.1, 0.15) is 21.5 Å². The lowest BCUT2D eigenvalue weighted by molar-refractivity contribution is 0.0845. The molecule has 0 radical (unpaired) electrons. The molecule has 0 aliphatic carbocycles. The van der Waals surface area contributed by atoms with E-state index in [1.54, 1.807) is 25.5 Å². The monoisotopic (exact) mass is 446 g/mol. The number of fused-ring (bicyclic) bond motifs is 1. The Balaban J connectivity index is 1.87. The standard InChI is InChI=1S/C18H16BIN2O3/c1-25-10-4-5-13-8-9-16-14(11-13)12-21-22(19(16)24)18(23)15-6-2-3-7-17(15)20/h2-9,11-12,24H,10H2,1H3/b5-4+. The predicted octanol–water partition coefficient (Wildman–Crippen LogP) is 2.13. The molecule has 0 atom stereocenters. The molecular formula is C18H16BIN2O3. The van der Waals surface area contributed by atoms with E-state index in [1.165, 1.54) is 0 Å². The van der Waals surface area contributed by atoms with Crippen LogP contribution in [0.3, 0.4) is 0 Å². The van der Waals surface area contributed by atoms with Crippen LogP contribution in [0.2, 0.25) is 0 Å². The predicted molar refractivity (Wildman–Crippen MR) is 108 cm³/mol. The van der Waals surface area contributed by atoms with Gasteiger partial charge in [-0.05, 0) is 57.4 Å². The molecule has 1 aliphatic heterocycles. The molecule has 7 heteroatoms. The van der Waals surface area contributed by atoms with Crippen molar-refractivity contribution in [1.82, 2.24) is 4.92 Å². The van der Waals surface area contributed by atoms with E-state index in [1.807, 2.05) is 42.5 Å². The minimum absolute atomic E-state index is 0.330. The SMILES string of the molecule is COC/C=C/c1ccc2c(c1)C=NN(C(=O)c1ccccc1I)B2O. The van der Waals surface area contributed by atoms with Crippen molar-refractivity contribution in [3.63, 3.8) is 0 Å². The lowest BCUT2D eigenvalue weighted by atomic mass is 9.69. The minimum Gasteiger partial charge on any atom is -0.427 e. The zero-order valence-corrected chi connectivity index (χ0v) is 15.8. The van der Waals surface area contributed by atoms with E-state index >= 15 is 0 Å². The first kappa shape index (κ1) is 17.8. The Morgan fingerprint density at radius 1 is 1.36 bits per heavy atom. The highest BCUT2D eigenvalue weighted by Crippen LogP contribution is 2.17. The Morgan fingerprint density at radius 3 is 2.92 bits per heavy atom. The molecule has 0 fully saturated rings. The summed E-state index contributed by atoms with van der Waals surface area (Å²) in [4.78, 5) is 13.8. The number of benzene rings is 2. The van der Waals surface area contributed by atoms with Crippen molar-refractivity contribution in [3.8, 4) is 0 Å². The maximum absolute atomic E-state index is 12.7. The van der Waals surface area contributed by atoms with Crippen molar-refractivity contribution in [2.75, 3.05) is 13.7 Å². The molecule has 0 spiro atoms. The Morgan fingerprint density at radius 2 is 2.16 bits per heavy atom. The maximum atomic E-state index is 12.7. The van der Waals surface area contributed by atoms with Crippen LogP contribution in [0.4, 0.5) is 0 Å². The molecule has 126 valence electrons. The molecule has 1 N–H and O–H groups in total. The molecule has 25 heavy (non-hydrogen) atoms. The van der Waals surface area contributed by atoms with Crippen molar-refractivity contribution < 1.29 is 14.6 Å². The molecule has 2 aromatic rings. The topological polar surface area (TPSA) is 62.1 Å². The Hall–Kier alpha value is -1.97. The van der Waals surface area contributed by atoms with Crippen molar-refractivity contribution in [1.29, 1.82) is 0 Å². The zero-order valence-electron chi connectivity index (χ0n) is 13.6. The smallest absolute Gasteiger partial charge is 0.427 e. The summed E-state index contributed by atoms with van der Waals surface area (Å²) >= 11 is 2.10. The highest BCUT2D eigenvalue weighted by Gasteiger charge is 2.34. The van der Waals surface area contributed by atoms with Crippen LogP contribution in [0, 0.1) is 3.57 Å². The number of hydrogen-bond acceptors (Lipinski definition) is 4. The first-order chi connectivity index (χ1) is 12.1. The normalized spacial score (nSPS) is 13.4. The number of carbonyl (C=O) groups is 1. The van der Waals surface area contributed by atoms with Gasteiger partial charge < -0.3 is 9.76 Å². The van der Waals surface area contributed by atoms with E-state index in [4.69, 9.17) is 4.74 Å². The van der Waals surface area contributed by atoms with E-state index < -0.39 is 7.05 Å². The summed E-state index contributed by atoms with van der Waals surface area (Å²) in [6, 6.07) is 12.9. The molecule has 1 heterocycles. The molecule has 2 aromatic carbocycles. The van der Waals surface area contributed by atoms with Crippen LogP contribution in [-0.2, 0) is 4.74 Å². The number of carbonyl (C=O) groups excluding carboxylic acids is 1. The van der Waals surface area contributed by atoms with Gasteiger partial charge in [-0.2, -0.15) is 5.10 Å². The fourth-order valence-corrected chi connectivity index (χ4v) is 3.18. The average molecular weight is 446 g/mol. The van der Waals surface area contributed by atoms with Crippen LogP contribution >= 0.6 is 22.6 Å². The third-order valence-corrected chi connectivity index (χ3v) is 4.77. The summed E-state index contributed by atoms with van der Waals surface area (Å²) in [5, 5.41) is 14.8. The second kappa shape index (κ2) is 7.94. The van der Waals surface area contributed by atoms with E-state index in [0.717, 1.165) is 19.6 Å². The maximum Gasteiger partial charge on any atom is 0.474 e. The van der Waals surface area contributed by atoms with Crippen molar-refractivity contribution in [3.05, 3.63) is 68.8 Å². The number of hydrogen-bond donors (Lipinski definition) is 1. The lowest BCUT2D eigenvalue weighted by Crippen LogP contribution is -2.52. The Bertz CT molecular complexity index is 854. The third-order valence-electron chi connectivity index (χ3n) is 3.83. The van der Waals surface area contributed by atoms with Gasteiger partial charge in [-0.3, -0.25) is 4.79 Å². The molecule has 0 saturated carbocycles. The minimum atomic E-state index is -1.11. The van der Waals surface area contributed by atoms with Crippen molar-refractivity contribution in [2.24, 2.45) is 5.10 Å².